The van der Waals surface area contributed by atoms with Crippen molar-refractivity contribution >= 4 is 33.7 Å². The summed E-state index contributed by atoms with van der Waals surface area (Å²) in [4.78, 5) is 16.9. The quantitative estimate of drug-likeness (QED) is 0.380. The van der Waals surface area contributed by atoms with Crippen LogP contribution >= 0.6 is 11.6 Å². The number of pyridine rings is 1. The SMILES string of the molecule is CCOC1OC1[C@H]1C2CCC(CC2)[C@@H]1n1cc(F)c2cnc(-c3c[nH]c4ncc(Cl)cc34)nc21. The molecule has 0 aromatic carbocycles. The molecule has 4 fully saturated rings. The second kappa shape index (κ2) is 7.73. The second-order valence-electron chi connectivity index (χ2n) is 9.73. The molecule has 0 radical (unpaired) electrons. The molecule has 5 heterocycles. The fourth-order valence-electron chi connectivity index (χ4n) is 6.53. The maximum absolute atomic E-state index is 15.1. The van der Waals surface area contributed by atoms with Crippen molar-refractivity contribution in [1.29, 1.82) is 0 Å². The standard InChI is InChI=1S/C25H25ClFN5O2/c1-2-33-25-21(34-25)19-12-3-5-13(6-4-12)20(19)32-11-18(27)17-10-30-23(31-24(17)32)16-9-29-22-15(16)7-14(26)8-28-22/h7-13,19-21,25H,2-6H2,1H3,(H,28,29)/t12?,13?,19-,20-,21?,25?/m0/s1. The summed E-state index contributed by atoms with van der Waals surface area (Å²) >= 11 is 6.19. The molecule has 4 aliphatic rings. The van der Waals surface area contributed by atoms with Crippen LogP contribution in [0.5, 0.6) is 0 Å². The fourth-order valence-corrected chi connectivity index (χ4v) is 6.69. The number of halogens is 2. The molecule has 176 valence electrons. The number of aromatic amines is 1. The van der Waals surface area contributed by atoms with Crippen molar-refractivity contribution in [2.75, 3.05) is 6.61 Å². The highest BCUT2D eigenvalue weighted by Crippen LogP contribution is 2.57. The Hall–Kier alpha value is -2.55. The first-order valence-corrected chi connectivity index (χ1v) is 12.4. The van der Waals surface area contributed by atoms with Crippen molar-refractivity contribution in [3.63, 3.8) is 0 Å². The fraction of sp³-hybridized carbons (Fsp3) is 0.480. The van der Waals surface area contributed by atoms with Gasteiger partial charge in [-0.1, -0.05) is 11.6 Å². The van der Waals surface area contributed by atoms with Gasteiger partial charge in [-0.2, -0.15) is 0 Å². The minimum atomic E-state index is -0.288. The van der Waals surface area contributed by atoms with Gasteiger partial charge >= 0.3 is 0 Å². The summed E-state index contributed by atoms with van der Waals surface area (Å²) in [5, 5.41) is 1.82. The average Bonchev–Trinajstić information content (AvgIpc) is 3.37. The van der Waals surface area contributed by atoms with Crippen LogP contribution in [-0.2, 0) is 9.47 Å². The maximum Gasteiger partial charge on any atom is 0.184 e. The van der Waals surface area contributed by atoms with Crippen LogP contribution in [0.15, 0.2) is 30.9 Å². The van der Waals surface area contributed by atoms with E-state index in [0.717, 1.165) is 23.8 Å². The van der Waals surface area contributed by atoms with Crippen molar-refractivity contribution in [3.8, 4) is 11.4 Å². The molecule has 0 spiro atoms. The van der Waals surface area contributed by atoms with Gasteiger partial charge in [0.15, 0.2) is 17.9 Å². The summed E-state index contributed by atoms with van der Waals surface area (Å²) in [5.74, 6) is 1.58. The first-order valence-electron chi connectivity index (χ1n) is 12.1. The number of H-pyrrole nitrogens is 1. The van der Waals surface area contributed by atoms with Crippen LogP contribution in [-0.4, -0.2) is 43.5 Å². The number of aromatic nitrogens is 5. The van der Waals surface area contributed by atoms with Crippen LogP contribution < -0.4 is 0 Å². The molecule has 1 N–H and O–H groups in total. The summed E-state index contributed by atoms with van der Waals surface area (Å²) in [7, 11) is 0. The van der Waals surface area contributed by atoms with E-state index in [4.69, 9.17) is 26.1 Å². The molecule has 1 saturated heterocycles. The smallest absolute Gasteiger partial charge is 0.184 e. The predicted octanol–water partition coefficient (Wildman–Crippen LogP) is 5.51. The third-order valence-corrected chi connectivity index (χ3v) is 8.22. The molecule has 3 aliphatic carbocycles. The van der Waals surface area contributed by atoms with Crippen LogP contribution in [0.3, 0.4) is 0 Å². The van der Waals surface area contributed by atoms with E-state index < -0.39 is 0 Å². The molecule has 7 nitrogen and oxygen atoms in total. The lowest BCUT2D eigenvalue weighted by Gasteiger charge is -2.49. The van der Waals surface area contributed by atoms with Crippen LogP contribution in [0.2, 0.25) is 5.02 Å². The number of fused-ring (bicyclic) bond motifs is 5. The molecular weight excluding hydrogens is 457 g/mol. The first-order chi connectivity index (χ1) is 16.6. The zero-order valence-corrected chi connectivity index (χ0v) is 19.5. The van der Waals surface area contributed by atoms with Gasteiger partial charge < -0.3 is 19.0 Å². The van der Waals surface area contributed by atoms with Gasteiger partial charge in [-0.05, 0) is 50.5 Å². The van der Waals surface area contributed by atoms with Gasteiger partial charge in [0.1, 0.15) is 17.4 Å². The monoisotopic (exact) mass is 481 g/mol. The molecule has 2 bridgehead atoms. The predicted molar refractivity (Wildman–Crippen MR) is 126 cm³/mol. The number of rotatable bonds is 5. The van der Waals surface area contributed by atoms with E-state index in [2.05, 4.69) is 19.5 Å². The molecule has 4 atom stereocenters. The molecule has 9 heteroatoms. The Bertz CT molecular complexity index is 1390. The maximum atomic E-state index is 15.1. The van der Waals surface area contributed by atoms with Gasteiger partial charge in [0, 0.05) is 54.3 Å². The van der Waals surface area contributed by atoms with Crippen molar-refractivity contribution in [2.45, 2.75) is 51.0 Å². The Morgan fingerprint density at radius 1 is 1.18 bits per heavy atom. The van der Waals surface area contributed by atoms with Gasteiger partial charge in [0.25, 0.3) is 0 Å². The molecule has 3 saturated carbocycles. The van der Waals surface area contributed by atoms with Crippen LogP contribution in [0.25, 0.3) is 33.5 Å². The van der Waals surface area contributed by atoms with Gasteiger partial charge in [0.2, 0.25) is 0 Å². The lowest BCUT2D eigenvalue weighted by atomic mass is 9.60. The number of ether oxygens (including phenoxy) is 2. The van der Waals surface area contributed by atoms with E-state index in [-0.39, 0.29) is 24.3 Å². The zero-order valence-electron chi connectivity index (χ0n) is 18.7. The van der Waals surface area contributed by atoms with Gasteiger partial charge in [-0.15, -0.1) is 0 Å². The van der Waals surface area contributed by atoms with Crippen LogP contribution in [0.1, 0.15) is 38.6 Å². The Morgan fingerprint density at radius 2 is 2.00 bits per heavy atom. The second-order valence-corrected chi connectivity index (χ2v) is 10.2. The molecule has 34 heavy (non-hydrogen) atoms. The van der Waals surface area contributed by atoms with E-state index >= 15 is 4.39 Å². The average molecular weight is 482 g/mol. The summed E-state index contributed by atoms with van der Waals surface area (Å²) in [5.41, 5.74) is 2.13. The zero-order chi connectivity index (χ0) is 23.0. The van der Waals surface area contributed by atoms with Crippen molar-refractivity contribution < 1.29 is 13.9 Å². The Kier molecular flexibility index (Phi) is 4.73. The Morgan fingerprint density at radius 3 is 2.82 bits per heavy atom. The molecular formula is C25H25ClFN5O2. The summed E-state index contributed by atoms with van der Waals surface area (Å²) in [6.45, 7) is 2.62. The minimum absolute atomic E-state index is 0.0710. The number of hydrogen-bond donors (Lipinski definition) is 1. The third kappa shape index (κ3) is 3.12. The summed E-state index contributed by atoms with van der Waals surface area (Å²) in [6.07, 6.45) is 11.3. The first kappa shape index (κ1) is 20.8. The number of epoxide rings is 1. The van der Waals surface area contributed by atoms with Crippen molar-refractivity contribution in [2.24, 2.45) is 17.8 Å². The molecule has 4 aromatic heterocycles. The number of nitrogens with one attached hydrogen (secondary N) is 1. The molecule has 8 rings (SSSR count). The number of nitrogens with zero attached hydrogens (tertiary/aromatic N) is 4. The number of hydrogen-bond acceptors (Lipinski definition) is 5. The van der Waals surface area contributed by atoms with Gasteiger partial charge in [-0.25, -0.2) is 19.3 Å². The molecule has 4 aromatic rings. The van der Waals surface area contributed by atoms with E-state index in [0.29, 0.717) is 51.9 Å². The highest BCUT2D eigenvalue weighted by molar-refractivity contribution is 6.31. The van der Waals surface area contributed by atoms with Crippen molar-refractivity contribution in [3.05, 3.63) is 41.7 Å². The van der Waals surface area contributed by atoms with Crippen LogP contribution in [0.4, 0.5) is 4.39 Å². The molecule has 1 aliphatic heterocycles. The lowest BCUT2D eigenvalue weighted by Crippen LogP contribution is -2.44. The normalized spacial score (nSPS) is 30.4. The van der Waals surface area contributed by atoms with Gasteiger partial charge in [-0.3, -0.25) is 0 Å². The summed E-state index contributed by atoms with van der Waals surface area (Å²) < 4.78 is 29.0. The van der Waals surface area contributed by atoms with E-state index in [9.17, 15) is 0 Å². The molecule has 0 amide bonds. The highest BCUT2D eigenvalue weighted by atomic mass is 35.5. The minimum Gasteiger partial charge on any atom is -0.350 e. The Labute approximate surface area is 200 Å². The van der Waals surface area contributed by atoms with E-state index in [1.54, 1.807) is 18.6 Å². The lowest BCUT2D eigenvalue weighted by molar-refractivity contribution is 0.0155. The third-order valence-electron chi connectivity index (χ3n) is 8.01. The van der Waals surface area contributed by atoms with Crippen LogP contribution in [0, 0.1) is 23.6 Å². The Balaban J connectivity index is 1.35. The van der Waals surface area contributed by atoms with E-state index in [1.165, 1.54) is 12.8 Å². The highest BCUT2D eigenvalue weighted by Gasteiger charge is 2.57. The largest absolute Gasteiger partial charge is 0.350 e. The van der Waals surface area contributed by atoms with Gasteiger partial charge in [0.05, 0.1) is 10.4 Å². The summed E-state index contributed by atoms with van der Waals surface area (Å²) in [6, 6.07) is 1.98. The topological polar surface area (TPSA) is 81.1 Å². The van der Waals surface area contributed by atoms with E-state index in [1.807, 2.05) is 19.2 Å². The molecule has 2 unspecified atom stereocenters. The van der Waals surface area contributed by atoms with Crippen molar-refractivity contribution in [1.82, 2.24) is 24.5 Å².